The first-order valence-corrected chi connectivity index (χ1v) is 3.13. The summed E-state index contributed by atoms with van der Waals surface area (Å²) in [6, 6.07) is 0. The number of rotatable bonds is 1. The molecule has 1 aliphatic heterocycles. The third-order valence-electron chi connectivity index (χ3n) is 1.28. The Morgan fingerprint density at radius 2 is 2.36 bits per heavy atom. The van der Waals surface area contributed by atoms with Gasteiger partial charge in [0.1, 0.15) is 6.61 Å². The number of hydrogen-bond acceptors (Lipinski definition) is 4. The lowest BCUT2D eigenvalue weighted by atomic mass is 10.2. The minimum atomic E-state index is -0.502. The number of hydrogen-bond donors (Lipinski definition) is 0. The lowest BCUT2D eigenvalue weighted by Gasteiger charge is -2.09. The van der Waals surface area contributed by atoms with Crippen molar-refractivity contribution in [1.82, 2.24) is 0 Å². The number of ketones is 1. The van der Waals surface area contributed by atoms with Crippen LogP contribution in [0.1, 0.15) is 0 Å². The number of esters is 1. The normalized spacial score (nSPS) is 17.5. The zero-order valence-electron chi connectivity index (χ0n) is 6.12. The molecule has 0 fully saturated rings. The van der Waals surface area contributed by atoms with E-state index < -0.39 is 5.97 Å². The Balaban J connectivity index is 2.70. The average molecular weight is 156 g/mol. The minimum absolute atomic E-state index is 0.0560. The van der Waals surface area contributed by atoms with E-state index in [1.165, 1.54) is 13.2 Å². The summed E-state index contributed by atoms with van der Waals surface area (Å²) in [6.07, 6.45) is 1.26. The van der Waals surface area contributed by atoms with Crippen molar-refractivity contribution in [2.45, 2.75) is 0 Å². The SMILES string of the molecule is COC(=O)C1=CC(=O)COC1. The van der Waals surface area contributed by atoms with E-state index in [0.717, 1.165) is 0 Å². The molecule has 0 aromatic carbocycles. The van der Waals surface area contributed by atoms with Crippen LogP contribution in [0.15, 0.2) is 11.6 Å². The highest BCUT2D eigenvalue weighted by Crippen LogP contribution is 2.04. The highest BCUT2D eigenvalue weighted by atomic mass is 16.5. The molecule has 0 saturated carbocycles. The van der Waals surface area contributed by atoms with Crippen molar-refractivity contribution < 1.29 is 19.1 Å². The Labute approximate surface area is 63.8 Å². The van der Waals surface area contributed by atoms with Crippen LogP contribution >= 0.6 is 0 Å². The van der Waals surface area contributed by atoms with Crippen LogP contribution in [0.4, 0.5) is 0 Å². The van der Waals surface area contributed by atoms with Gasteiger partial charge in [-0.2, -0.15) is 0 Å². The molecule has 1 heterocycles. The van der Waals surface area contributed by atoms with Crippen LogP contribution in [0.25, 0.3) is 0 Å². The smallest absolute Gasteiger partial charge is 0.336 e. The van der Waals surface area contributed by atoms with Gasteiger partial charge < -0.3 is 9.47 Å². The van der Waals surface area contributed by atoms with Gasteiger partial charge in [0.25, 0.3) is 0 Å². The molecular formula is C7H8O4. The van der Waals surface area contributed by atoms with Crippen molar-refractivity contribution in [1.29, 1.82) is 0 Å². The van der Waals surface area contributed by atoms with Crippen LogP contribution in [0.2, 0.25) is 0 Å². The molecule has 0 N–H and O–H groups in total. The van der Waals surface area contributed by atoms with Crippen molar-refractivity contribution in [3.63, 3.8) is 0 Å². The predicted octanol–water partition coefficient (Wildman–Crippen LogP) is -0.315. The molecule has 11 heavy (non-hydrogen) atoms. The van der Waals surface area contributed by atoms with Crippen LogP contribution in [-0.4, -0.2) is 32.1 Å². The van der Waals surface area contributed by atoms with E-state index in [1.54, 1.807) is 0 Å². The van der Waals surface area contributed by atoms with Gasteiger partial charge in [0.15, 0.2) is 5.78 Å². The number of carbonyl (C=O) groups is 2. The van der Waals surface area contributed by atoms with Crippen molar-refractivity contribution in [2.75, 3.05) is 20.3 Å². The van der Waals surface area contributed by atoms with Gasteiger partial charge in [-0.15, -0.1) is 0 Å². The Bertz CT molecular complexity index is 216. The van der Waals surface area contributed by atoms with Crippen LogP contribution in [0, 0.1) is 0 Å². The summed E-state index contributed by atoms with van der Waals surface area (Å²) in [5.74, 6) is -0.699. The Hall–Kier alpha value is -1.16. The fraction of sp³-hybridized carbons (Fsp3) is 0.429. The largest absolute Gasteiger partial charge is 0.466 e. The Morgan fingerprint density at radius 1 is 1.64 bits per heavy atom. The first-order chi connectivity index (χ1) is 5.24. The zero-order valence-corrected chi connectivity index (χ0v) is 6.12. The van der Waals surface area contributed by atoms with Gasteiger partial charge in [-0.25, -0.2) is 4.79 Å². The molecule has 4 nitrogen and oxygen atoms in total. The molecule has 0 aromatic rings. The van der Waals surface area contributed by atoms with Crippen LogP contribution in [-0.2, 0) is 19.1 Å². The molecule has 0 atom stereocenters. The maximum atomic E-state index is 10.8. The van der Waals surface area contributed by atoms with Gasteiger partial charge >= 0.3 is 5.97 Å². The van der Waals surface area contributed by atoms with Crippen molar-refractivity contribution in [3.8, 4) is 0 Å². The second kappa shape index (κ2) is 3.30. The highest BCUT2D eigenvalue weighted by Gasteiger charge is 2.16. The lowest BCUT2D eigenvalue weighted by Crippen LogP contribution is -2.20. The average Bonchev–Trinajstić information content (AvgIpc) is 2.03. The molecule has 0 aromatic heterocycles. The van der Waals surface area contributed by atoms with E-state index >= 15 is 0 Å². The van der Waals surface area contributed by atoms with Crippen molar-refractivity contribution in [2.24, 2.45) is 0 Å². The van der Waals surface area contributed by atoms with E-state index in [9.17, 15) is 9.59 Å². The summed E-state index contributed by atoms with van der Waals surface area (Å²) >= 11 is 0. The predicted molar refractivity (Wildman–Crippen MR) is 35.9 cm³/mol. The zero-order chi connectivity index (χ0) is 8.27. The molecule has 1 rings (SSSR count). The molecule has 0 unspecified atom stereocenters. The summed E-state index contributed by atoms with van der Waals surface area (Å²) in [4.78, 5) is 21.5. The monoisotopic (exact) mass is 156 g/mol. The molecule has 4 heteroatoms. The van der Waals surface area contributed by atoms with Gasteiger partial charge in [0, 0.05) is 0 Å². The van der Waals surface area contributed by atoms with Crippen LogP contribution in [0.3, 0.4) is 0 Å². The van der Waals surface area contributed by atoms with Crippen LogP contribution in [0.5, 0.6) is 0 Å². The molecule has 0 saturated heterocycles. The molecule has 0 aliphatic carbocycles. The highest BCUT2D eigenvalue weighted by molar-refractivity contribution is 6.01. The van der Waals surface area contributed by atoms with Gasteiger partial charge in [-0.1, -0.05) is 0 Å². The fourth-order valence-electron chi connectivity index (χ4n) is 0.788. The van der Waals surface area contributed by atoms with Gasteiger partial charge in [0.2, 0.25) is 0 Å². The van der Waals surface area contributed by atoms with E-state index in [-0.39, 0.29) is 24.6 Å². The lowest BCUT2D eigenvalue weighted by molar-refractivity contribution is -0.138. The third kappa shape index (κ3) is 1.88. The third-order valence-corrected chi connectivity index (χ3v) is 1.28. The Morgan fingerprint density at radius 3 is 2.91 bits per heavy atom. The Kier molecular flexibility index (Phi) is 2.38. The molecule has 0 amide bonds. The molecule has 1 aliphatic rings. The van der Waals surface area contributed by atoms with E-state index in [2.05, 4.69) is 4.74 Å². The quantitative estimate of drug-likeness (QED) is 0.488. The first kappa shape index (κ1) is 7.94. The summed E-state index contributed by atoms with van der Waals surface area (Å²) in [6.45, 7) is 0.221. The summed E-state index contributed by atoms with van der Waals surface area (Å²) in [5, 5.41) is 0. The summed E-state index contributed by atoms with van der Waals surface area (Å²) in [5.41, 5.74) is 0.281. The number of carbonyl (C=O) groups excluding carboxylic acids is 2. The minimum Gasteiger partial charge on any atom is -0.466 e. The van der Waals surface area contributed by atoms with E-state index in [1.807, 2.05) is 0 Å². The topological polar surface area (TPSA) is 52.6 Å². The maximum Gasteiger partial charge on any atom is 0.336 e. The van der Waals surface area contributed by atoms with Gasteiger partial charge in [0.05, 0.1) is 19.3 Å². The van der Waals surface area contributed by atoms with Crippen molar-refractivity contribution in [3.05, 3.63) is 11.6 Å². The maximum absolute atomic E-state index is 10.8. The van der Waals surface area contributed by atoms with E-state index in [4.69, 9.17) is 4.74 Å². The molecule has 0 bridgehead atoms. The second-order valence-electron chi connectivity index (χ2n) is 2.12. The second-order valence-corrected chi connectivity index (χ2v) is 2.12. The summed E-state index contributed by atoms with van der Waals surface area (Å²) < 4.78 is 9.20. The van der Waals surface area contributed by atoms with Crippen molar-refractivity contribution >= 4 is 11.8 Å². The first-order valence-electron chi connectivity index (χ1n) is 3.13. The molecular weight excluding hydrogens is 148 g/mol. The molecule has 0 radical (unpaired) electrons. The van der Waals surface area contributed by atoms with Gasteiger partial charge in [-0.3, -0.25) is 4.79 Å². The van der Waals surface area contributed by atoms with E-state index in [0.29, 0.717) is 0 Å². The van der Waals surface area contributed by atoms with Gasteiger partial charge in [-0.05, 0) is 6.08 Å². The van der Waals surface area contributed by atoms with Crippen LogP contribution < -0.4 is 0 Å². The standard InChI is InChI=1S/C7H8O4/c1-10-7(9)5-2-6(8)4-11-3-5/h2H,3-4H2,1H3. The molecule has 60 valence electrons. The summed E-state index contributed by atoms with van der Waals surface area (Å²) in [7, 11) is 1.27. The number of ether oxygens (including phenoxy) is 2. The molecule has 0 spiro atoms. The number of methoxy groups -OCH3 is 1. The fourth-order valence-corrected chi connectivity index (χ4v) is 0.788.